The molecule has 1 amide bonds. The van der Waals surface area contributed by atoms with E-state index in [9.17, 15) is 4.79 Å². The van der Waals surface area contributed by atoms with Gasteiger partial charge in [-0.1, -0.05) is 23.2 Å². The quantitative estimate of drug-likeness (QED) is 0.835. The number of fused-ring (bicyclic) bond motifs is 1. The van der Waals surface area contributed by atoms with Crippen molar-refractivity contribution in [3.05, 3.63) is 27.7 Å². The highest BCUT2D eigenvalue weighted by Crippen LogP contribution is 2.44. The molecule has 3 rings (SSSR count). The molecular formula is C14H15Cl2NO3. The van der Waals surface area contributed by atoms with E-state index in [4.69, 9.17) is 32.7 Å². The fourth-order valence-electron chi connectivity index (χ4n) is 3.07. The van der Waals surface area contributed by atoms with Crippen molar-refractivity contribution in [2.75, 3.05) is 20.3 Å². The first-order chi connectivity index (χ1) is 9.61. The third-order valence-corrected chi connectivity index (χ3v) is 4.89. The van der Waals surface area contributed by atoms with Gasteiger partial charge in [0, 0.05) is 12.1 Å². The molecule has 0 aliphatic carbocycles. The zero-order valence-corrected chi connectivity index (χ0v) is 12.6. The highest BCUT2D eigenvalue weighted by molar-refractivity contribution is 6.42. The molecule has 0 bridgehead atoms. The van der Waals surface area contributed by atoms with Crippen molar-refractivity contribution in [2.45, 2.75) is 24.8 Å². The zero-order valence-electron chi connectivity index (χ0n) is 11.1. The number of ether oxygens (including phenoxy) is 2. The van der Waals surface area contributed by atoms with Gasteiger partial charge in [0.1, 0.15) is 12.4 Å². The number of piperidine rings is 1. The molecule has 1 aromatic rings. The molecule has 4 nitrogen and oxygen atoms in total. The van der Waals surface area contributed by atoms with Crippen LogP contribution in [0.3, 0.4) is 0 Å². The maximum atomic E-state index is 11.5. The van der Waals surface area contributed by atoms with Crippen LogP contribution in [-0.4, -0.2) is 37.3 Å². The predicted octanol–water partition coefficient (Wildman–Crippen LogP) is 3.70. The molecule has 0 unspecified atom stereocenters. The molecule has 2 saturated heterocycles. The second-order valence-corrected chi connectivity index (χ2v) is 5.91. The standard InChI is InChI=1S/C14H15Cl2NO3/c1-19-11-3-2-10(15)13(16)12(11)8-4-5-17-9(6-8)7-20-14(17)18/h2-3,8-9H,4-7H2,1H3/t8-,9+/m1/s1. The number of rotatable bonds is 2. The Balaban J connectivity index is 1.91. The lowest BCUT2D eigenvalue weighted by atomic mass is 9.85. The normalized spacial score (nSPS) is 25.4. The maximum Gasteiger partial charge on any atom is 0.410 e. The highest BCUT2D eigenvalue weighted by Gasteiger charge is 2.39. The molecule has 0 radical (unpaired) electrons. The van der Waals surface area contributed by atoms with Crippen LogP contribution in [0.2, 0.25) is 10.0 Å². The molecule has 0 spiro atoms. The van der Waals surface area contributed by atoms with Crippen LogP contribution in [0, 0.1) is 0 Å². The number of methoxy groups -OCH3 is 1. The smallest absolute Gasteiger partial charge is 0.410 e. The number of halogens is 2. The molecular weight excluding hydrogens is 301 g/mol. The van der Waals surface area contributed by atoms with Crippen molar-refractivity contribution < 1.29 is 14.3 Å². The lowest BCUT2D eigenvalue weighted by Crippen LogP contribution is -2.40. The predicted molar refractivity (Wildman–Crippen MR) is 76.8 cm³/mol. The zero-order chi connectivity index (χ0) is 14.3. The van der Waals surface area contributed by atoms with Crippen LogP contribution in [0.5, 0.6) is 5.75 Å². The second-order valence-electron chi connectivity index (χ2n) is 5.12. The Hall–Kier alpha value is -1.13. The summed E-state index contributed by atoms with van der Waals surface area (Å²) < 4.78 is 10.5. The first-order valence-electron chi connectivity index (χ1n) is 6.57. The van der Waals surface area contributed by atoms with Crippen molar-refractivity contribution >= 4 is 29.3 Å². The van der Waals surface area contributed by atoms with E-state index in [-0.39, 0.29) is 18.1 Å². The average Bonchev–Trinajstić information content (AvgIpc) is 2.82. The Labute approximate surface area is 127 Å². The number of cyclic esters (lactones) is 1. The summed E-state index contributed by atoms with van der Waals surface area (Å²) in [4.78, 5) is 13.3. The van der Waals surface area contributed by atoms with E-state index in [0.717, 1.165) is 24.2 Å². The second kappa shape index (κ2) is 5.34. The largest absolute Gasteiger partial charge is 0.496 e. The van der Waals surface area contributed by atoms with Gasteiger partial charge in [0.25, 0.3) is 0 Å². The number of benzene rings is 1. The molecule has 108 valence electrons. The van der Waals surface area contributed by atoms with Crippen LogP contribution in [0.25, 0.3) is 0 Å². The summed E-state index contributed by atoms with van der Waals surface area (Å²) in [5.74, 6) is 0.981. The van der Waals surface area contributed by atoms with E-state index < -0.39 is 0 Å². The minimum Gasteiger partial charge on any atom is -0.496 e. The number of hydrogen-bond donors (Lipinski definition) is 0. The maximum absolute atomic E-state index is 11.5. The fourth-order valence-corrected chi connectivity index (χ4v) is 3.54. The van der Waals surface area contributed by atoms with E-state index >= 15 is 0 Å². The molecule has 2 heterocycles. The molecule has 2 fully saturated rings. The van der Waals surface area contributed by atoms with Crippen molar-refractivity contribution in [1.82, 2.24) is 4.90 Å². The molecule has 0 N–H and O–H groups in total. The number of carbonyl (C=O) groups is 1. The Kier molecular flexibility index (Phi) is 3.69. The van der Waals surface area contributed by atoms with Crippen LogP contribution >= 0.6 is 23.2 Å². The van der Waals surface area contributed by atoms with Crippen LogP contribution in [0.1, 0.15) is 24.3 Å². The van der Waals surface area contributed by atoms with Crippen LogP contribution in [0.15, 0.2) is 12.1 Å². The minimum absolute atomic E-state index is 0.126. The number of amides is 1. The van der Waals surface area contributed by atoms with Gasteiger partial charge in [-0.3, -0.25) is 0 Å². The summed E-state index contributed by atoms with van der Waals surface area (Å²) in [5.41, 5.74) is 0.945. The molecule has 2 atom stereocenters. The topological polar surface area (TPSA) is 38.8 Å². The van der Waals surface area contributed by atoms with Gasteiger partial charge in [0.2, 0.25) is 0 Å². The van der Waals surface area contributed by atoms with Crippen molar-refractivity contribution in [2.24, 2.45) is 0 Å². The van der Waals surface area contributed by atoms with Crippen molar-refractivity contribution in [3.8, 4) is 5.75 Å². The van der Waals surface area contributed by atoms with Crippen LogP contribution < -0.4 is 4.74 Å². The molecule has 20 heavy (non-hydrogen) atoms. The lowest BCUT2D eigenvalue weighted by Gasteiger charge is -2.33. The van der Waals surface area contributed by atoms with Crippen molar-refractivity contribution in [1.29, 1.82) is 0 Å². The van der Waals surface area contributed by atoms with Gasteiger partial charge in [0.15, 0.2) is 0 Å². The first kappa shape index (κ1) is 13.8. The Morgan fingerprint density at radius 2 is 2.20 bits per heavy atom. The van der Waals surface area contributed by atoms with Gasteiger partial charge < -0.3 is 14.4 Å². The van der Waals surface area contributed by atoms with E-state index in [1.807, 2.05) is 6.07 Å². The monoisotopic (exact) mass is 315 g/mol. The van der Waals surface area contributed by atoms with Gasteiger partial charge >= 0.3 is 6.09 Å². The molecule has 0 aromatic heterocycles. The van der Waals surface area contributed by atoms with Gasteiger partial charge in [-0.25, -0.2) is 4.79 Å². The van der Waals surface area contributed by atoms with Crippen molar-refractivity contribution in [3.63, 3.8) is 0 Å². The van der Waals surface area contributed by atoms with E-state index in [0.29, 0.717) is 23.2 Å². The van der Waals surface area contributed by atoms with Crippen LogP contribution in [-0.2, 0) is 4.74 Å². The highest BCUT2D eigenvalue weighted by atomic mass is 35.5. The molecule has 1 aromatic carbocycles. The summed E-state index contributed by atoms with van der Waals surface area (Å²) in [5, 5.41) is 1.08. The van der Waals surface area contributed by atoms with Gasteiger partial charge in [-0.05, 0) is 30.9 Å². The Morgan fingerprint density at radius 1 is 1.40 bits per heavy atom. The average molecular weight is 316 g/mol. The van der Waals surface area contributed by atoms with Crippen LogP contribution in [0.4, 0.5) is 4.79 Å². The number of carbonyl (C=O) groups excluding carboxylic acids is 1. The summed E-state index contributed by atoms with van der Waals surface area (Å²) in [6.07, 6.45) is 1.45. The molecule has 6 heteroatoms. The van der Waals surface area contributed by atoms with Gasteiger partial charge in [-0.15, -0.1) is 0 Å². The fraction of sp³-hybridized carbons (Fsp3) is 0.500. The number of nitrogens with zero attached hydrogens (tertiary/aromatic N) is 1. The third kappa shape index (κ3) is 2.21. The van der Waals surface area contributed by atoms with E-state index in [1.54, 1.807) is 18.1 Å². The summed E-state index contributed by atoms with van der Waals surface area (Å²) in [7, 11) is 1.63. The summed E-state index contributed by atoms with van der Waals surface area (Å²) in [6.45, 7) is 1.13. The lowest BCUT2D eigenvalue weighted by molar-refractivity contribution is 0.152. The molecule has 2 aliphatic heterocycles. The minimum atomic E-state index is -0.211. The number of hydrogen-bond acceptors (Lipinski definition) is 3. The Morgan fingerprint density at radius 3 is 2.95 bits per heavy atom. The Bertz CT molecular complexity index is 549. The van der Waals surface area contributed by atoms with E-state index in [1.165, 1.54) is 0 Å². The van der Waals surface area contributed by atoms with E-state index in [2.05, 4.69) is 0 Å². The molecule has 2 aliphatic rings. The van der Waals surface area contributed by atoms with Gasteiger partial charge in [-0.2, -0.15) is 0 Å². The third-order valence-electron chi connectivity index (χ3n) is 4.07. The summed E-state index contributed by atoms with van der Waals surface area (Å²) >= 11 is 12.5. The summed E-state index contributed by atoms with van der Waals surface area (Å²) in [6, 6.07) is 3.71. The van der Waals surface area contributed by atoms with Gasteiger partial charge in [0.05, 0.1) is 23.2 Å². The first-order valence-corrected chi connectivity index (χ1v) is 7.32. The molecule has 0 saturated carbocycles. The SMILES string of the molecule is COc1ccc(Cl)c(Cl)c1[C@@H]1CCN2C(=O)OC[C@@H]2C1.